The van der Waals surface area contributed by atoms with E-state index < -0.39 is 0 Å². The highest BCUT2D eigenvalue weighted by Crippen LogP contribution is 2.27. The van der Waals surface area contributed by atoms with Crippen LogP contribution in [0.15, 0.2) is 42.5 Å². The minimum absolute atomic E-state index is 0.681. The second-order valence-corrected chi connectivity index (χ2v) is 5.27. The van der Waals surface area contributed by atoms with Gasteiger partial charge in [0.1, 0.15) is 11.5 Å². The number of nitrogens with one attached hydrogen (secondary N) is 1. The molecule has 0 heterocycles. The van der Waals surface area contributed by atoms with Crippen LogP contribution in [0.3, 0.4) is 0 Å². The fraction of sp³-hybridized carbons (Fsp3) is 0.294. The van der Waals surface area contributed by atoms with Crippen molar-refractivity contribution in [3.8, 4) is 11.5 Å². The highest BCUT2D eigenvalue weighted by molar-refractivity contribution is 6.30. The first-order valence-corrected chi connectivity index (χ1v) is 7.30. The molecular weight excluding hydrogens is 270 g/mol. The number of halogens is 1. The Morgan fingerprint density at radius 3 is 2.75 bits per heavy atom. The van der Waals surface area contributed by atoms with Crippen molar-refractivity contribution in [3.63, 3.8) is 0 Å². The van der Waals surface area contributed by atoms with Crippen LogP contribution in [-0.2, 0) is 6.54 Å². The molecule has 0 aromatic heterocycles. The predicted molar refractivity (Wildman–Crippen MR) is 84.7 cm³/mol. The lowest BCUT2D eigenvalue weighted by Gasteiger charge is -2.11. The van der Waals surface area contributed by atoms with Crippen molar-refractivity contribution in [3.05, 3.63) is 58.6 Å². The summed E-state index contributed by atoms with van der Waals surface area (Å²) >= 11 is 5.98. The molecule has 0 atom stereocenters. The molecule has 3 heteroatoms. The molecule has 0 saturated heterocycles. The summed E-state index contributed by atoms with van der Waals surface area (Å²) < 4.78 is 5.92. The Kier molecular flexibility index (Phi) is 5.45. The first-order chi connectivity index (χ1) is 9.69. The van der Waals surface area contributed by atoms with Crippen molar-refractivity contribution < 1.29 is 4.74 Å². The molecule has 0 spiro atoms. The second kappa shape index (κ2) is 7.32. The molecule has 1 N–H and O–H groups in total. The summed E-state index contributed by atoms with van der Waals surface area (Å²) in [5.41, 5.74) is 2.34. The van der Waals surface area contributed by atoms with Crippen LogP contribution in [0.5, 0.6) is 11.5 Å². The van der Waals surface area contributed by atoms with E-state index in [1.165, 1.54) is 5.56 Å². The lowest BCUT2D eigenvalue weighted by molar-refractivity contribution is 0.478. The minimum Gasteiger partial charge on any atom is -0.457 e. The van der Waals surface area contributed by atoms with Gasteiger partial charge < -0.3 is 10.1 Å². The van der Waals surface area contributed by atoms with Crippen molar-refractivity contribution in [2.45, 2.75) is 26.8 Å². The van der Waals surface area contributed by atoms with Crippen molar-refractivity contribution >= 4 is 11.6 Å². The van der Waals surface area contributed by atoms with Crippen molar-refractivity contribution in [1.82, 2.24) is 5.32 Å². The lowest BCUT2D eigenvalue weighted by Crippen LogP contribution is -2.13. The molecule has 0 unspecified atom stereocenters. The Bertz CT molecular complexity index is 569. The van der Waals surface area contributed by atoms with Crippen LogP contribution in [0, 0.1) is 6.92 Å². The van der Waals surface area contributed by atoms with E-state index in [1.54, 1.807) is 0 Å². The lowest BCUT2D eigenvalue weighted by atomic mass is 10.1. The molecule has 106 valence electrons. The van der Waals surface area contributed by atoms with E-state index in [0.717, 1.165) is 36.6 Å². The van der Waals surface area contributed by atoms with Gasteiger partial charge in [-0.3, -0.25) is 0 Å². The summed E-state index contributed by atoms with van der Waals surface area (Å²) in [5, 5.41) is 4.08. The molecule has 20 heavy (non-hydrogen) atoms. The fourth-order valence-electron chi connectivity index (χ4n) is 1.93. The topological polar surface area (TPSA) is 21.3 Å². The van der Waals surface area contributed by atoms with Crippen molar-refractivity contribution in [1.29, 1.82) is 0 Å². The molecule has 0 saturated carbocycles. The first-order valence-electron chi connectivity index (χ1n) is 6.92. The third-order valence-corrected chi connectivity index (χ3v) is 3.27. The molecular formula is C17H20ClNO. The molecule has 0 aliphatic heterocycles. The summed E-state index contributed by atoms with van der Waals surface area (Å²) in [6.45, 7) is 6.09. The highest BCUT2D eigenvalue weighted by Gasteiger charge is 2.04. The van der Waals surface area contributed by atoms with Crippen molar-refractivity contribution in [2.75, 3.05) is 6.54 Å². The molecule has 2 nitrogen and oxygen atoms in total. The zero-order valence-electron chi connectivity index (χ0n) is 11.9. The largest absolute Gasteiger partial charge is 0.457 e. The molecule has 2 aromatic carbocycles. The van der Waals surface area contributed by atoms with E-state index in [4.69, 9.17) is 16.3 Å². The van der Waals surface area contributed by atoms with E-state index in [0.29, 0.717) is 5.02 Å². The van der Waals surface area contributed by atoms with Crippen LogP contribution in [0.4, 0.5) is 0 Å². The Hall–Kier alpha value is -1.51. The SMILES string of the molecule is CCCNCc1ccc(C)c(Oc2cccc(Cl)c2)c1. The van der Waals surface area contributed by atoms with Gasteiger partial charge in [0.05, 0.1) is 0 Å². The van der Waals surface area contributed by atoms with Crippen molar-refractivity contribution in [2.24, 2.45) is 0 Å². The van der Waals surface area contributed by atoms with E-state index in [-0.39, 0.29) is 0 Å². The number of rotatable bonds is 6. The second-order valence-electron chi connectivity index (χ2n) is 4.84. The minimum atomic E-state index is 0.681. The first kappa shape index (κ1) is 14.9. The van der Waals surface area contributed by atoms with Gasteiger partial charge in [-0.2, -0.15) is 0 Å². The van der Waals surface area contributed by atoms with Gasteiger partial charge in [0.2, 0.25) is 0 Å². The highest BCUT2D eigenvalue weighted by atomic mass is 35.5. The van der Waals surface area contributed by atoms with Crippen LogP contribution in [-0.4, -0.2) is 6.54 Å². The predicted octanol–water partition coefficient (Wildman–Crippen LogP) is 4.94. The van der Waals surface area contributed by atoms with Gasteiger partial charge in [-0.05, 0) is 55.3 Å². The molecule has 0 aliphatic rings. The quantitative estimate of drug-likeness (QED) is 0.761. The molecule has 0 bridgehead atoms. The number of hydrogen-bond acceptors (Lipinski definition) is 2. The standard InChI is InChI=1S/C17H20ClNO/c1-3-9-19-12-14-8-7-13(2)17(10-14)20-16-6-4-5-15(18)11-16/h4-8,10-11,19H,3,9,12H2,1-2H3. The number of hydrogen-bond donors (Lipinski definition) is 1. The maximum absolute atomic E-state index is 5.98. The molecule has 2 aromatic rings. The number of ether oxygens (including phenoxy) is 1. The summed E-state index contributed by atoms with van der Waals surface area (Å²) in [6, 6.07) is 13.8. The summed E-state index contributed by atoms with van der Waals surface area (Å²) in [5.74, 6) is 1.64. The van der Waals surface area contributed by atoms with Gasteiger partial charge in [0.15, 0.2) is 0 Å². The molecule has 0 amide bonds. The van der Waals surface area contributed by atoms with E-state index >= 15 is 0 Å². The van der Waals surface area contributed by atoms with Gasteiger partial charge in [0, 0.05) is 11.6 Å². The van der Waals surface area contributed by atoms with E-state index in [1.807, 2.05) is 31.2 Å². The van der Waals surface area contributed by atoms with Crippen LogP contribution in [0.25, 0.3) is 0 Å². The van der Waals surface area contributed by atoms with Crippen LogP contribution < -0.4 is 10.1 Å². The normalized spacial score (nSPS) is 10.6. The number of aryl methyl sites for hydroxylation is 1. The van der Waals surface area contributed by atoms with E-state index in [2.05, 4.69) is 30.4 Å². The molecule has 2 rings (SSSR count). The fourth-order valence-corrected chi connectivity index (χ4v) is 2.11. The van der Waals surface area contributed by atoms with Crippen LogP contribution in [0.2, 0.25) is 5.02 Å². The average Bonchev–Trinajstić information content (AvgIpc) is 2.43. The summed E-state index contributed by atoms with van der Waals surface area (Å²) in [6.07, 6.45) is 1.14. The average molecular weight is 290 g/mol. The third kappa shape index (κ3) is 4.26. The Balaban J connectivity index is 2.12. The van der Waals surface area contributed by atoms with Crippen LogP contribution in [0.1, 0.15) is 24.5 Å². The van der Waals surface area contributed by atoms with Gasteiger partial charge in [-0.15, -0.1) is 0 Å². The van der Waals surface area contributed by atoms with Gasteiger partial charge in [-0.25, -0.2) is 0 Å². The Morgan fingerprint density at radius 2 is 2.00 bits per heavy atom. The Morgan fingerprint density at radius 1 is 1.15 bits per heavy atom. The van der Waals surface area contributed by atoms with Crippen LogP contribution >= 0.6 is 11.6 Å². The maximum atomic E-state index is 5.98. The summed E-state index contributed by atoms with van der Waals surface area (Å²) in [7, 11) is 0. The van der Waals surface area contributed by atoms with Gasteiger partial charge >= 0.3 is 0 Å². The van der Waals surface area contributed by atoms with Gasteiger partial charge in [0.25, 0.3) is 0 Å². The number of benzene rings is 2. The monoisotopic (exact) mass is 289 g/mol. The molecule has 0 aliphatic carbocycles. The Labute approximate surface area is 125 Å². The molecule has 0 radical (unpaired) electrons. The maximum Gasteiger partial charge on any atom is 0.130 e. The molecule has 0 fully saturated rings. The third-order valence-electron chi connectivity index (χ3n) is 3.03. The van der Waals surface area contributed by atoms with E-state index in [9.17, 15) is 0 Å². The zero-order valence-corrected chi connectivity index (χ0v) is 12.7. The smallest absolute Gasteiger partial charge is 0.130 e. The zero-order chi connectivity index (χ0) is 14.4. The summed E-state index contributed by atoms with van der Waals surface area (Å²) in [4.78, 5) is 0. The van der Waals surface area contributed by atoms with Gasteiger partial charge in [-0.1, -0.05) is 36.7 Å².